The van der Waals surface area contributed by atoms with Gasteiger partial charge in [0.15, 0.2) is 0 Å². The van der Waals surface area contributed by atoms with E-state index in [0.717, 1.165) is 6.42 Å². The molecule has 1 aromatic carbocycles. The lowest BCUT2D eigenvalue weighted by molar-refractivity contribution is 0.0781. The van der Waals surface area contributed by atoms with E-state index >= 15 is 0 Å². The molecule has 130 valence electrons. The number of fused-ring (bicyclic) bond motifs is 1. The summed E-state index contributed by atoms with van der Waals surface area (Å²) in [7, 11) is 1.68. The van der Waals surface area contributed by atoms with Gasteiger partial charge in [-0.15, -0.1) is 11.3 Å². The molecule has 0 saturated carbocycles. The molecule has 7 heteroatoms. The highest BCUT2D eigenvalue weighted by Crippen LogP contribution is 2.17. The lowest BCUT2D eigenvalue weighted by atomic mass is 10.2. The molecule has 6 nitrogen and oxygen atoms in total. The molecule has 25 heavy (non-hydrogen) atoms. The molecule has 2 heterocycles. The van der Waals surface area contributed by atoms with Gasteiger partial charge in [0, 0.05) is 12.6 Å². The van der Waals surface area contributed by atoms with Crippen LogP contribution in [-0.4, -0.2) is 34.4 Å². The van der Waals surface area contributed by atoms with Crippen LogP contribution in [0.5, 0.6) is 5.75 Å². The first-order chi connectivity index (χ1) is 12.1. The summed E-state index contributed by atoms with van der Waals surface area (Å²) in [6, 6.07) is 8.90. The fraction of sp³-hybridized carbons (Fsp3) is 0.278. The number of hydrogen-bond donors (Lipinski definition) is 1. The fourth-order valence-electron chi connectivity index (χ4n) is 2.45. The highest BCUT2D eigenvalue weighted by molar-refractivity contribution is 7.17. The lowest BCUT2D eigenvalue weighted by Gasteiger charge is -2.17. The average molecular weight is 357 g/mol. The van der Waals surface area contributed by atoms with E-state index < -0.39 is 0 Å². The second-order valence-corrected chi connectivity index (χ2v) is 6.60. The molecule has 0 fully saturated rings. The molecule has 3 aromatic rings. The number of thiophene rings is 1. The van der Waals surface area contributed by atoms with Gasteiger partial charge in [-0.05, 0) is 36.1 Å². The minimum atomic E-state index is -0.175. The maximum atomic E-state index is 12.6. The third kappa shape index (κ3) is 3.88. The van der Waals surface area contributed by atoms with E-state index in [-0.39, 0.29) is 18.0 Å². The zero-order chi connectivity index (χ0) is 17.8. The second-order valence-electron chi connectivity index (χ2n) is 5.69. The topological polar surface area (TPSA) is 75.3 Å². The van der Waals surface area contributed by atoms with Crippen LogP contribution in [0.3, 0.4) is 0 Å². The zero-order valence-corrected chi connectivity index (χ0v) is 14.9. The van der Waals surface area contributed by atoms with Gasteiger partial charge in [-0.2, -0.15) is 0 Å². The number of rotatable bonds is 6. The number of ether oxygens (including phenoxy) is 1. The summed E-state index contributed by atoms with van der Waals surface area (Å²) in [5.41, 5.74) is 1.01. The Labute approximate surface area is 149 Å². The molecule has 1 N–H and O–H groups in total. The Balaban J connectivity index is 1.76. The first-order valence-electron chi connectivity index (χ1n) is 8.03. The predicted octanol–water partition coefficient (Wildman–Crippen LogP) is 3.05. The summed E-state index contributed by atoms with van der Waals surface area (Å²) < 4.78 is 6.17. The quantitative estimate of drug-likeness (QED) is 0.736. The van der Waals surface area contributed by atoms with E-state index in [9.17, 15) is 9.59 Å². The number of hydrogen-bond acceptors (Lipinski definition) is 5. The molecule has 2 aromatic heterocycles. The molecule has 1 amide bonds. The largest absolute Gasteiger partial charge is 0.494 e. The molecule has 0 spiro atoms. The maximum Gasteiger partial charge on any atom is 0.268 e. The summed E-state index contributed by atoms with van der Waals surface area (Å²) in [6.07, 6.45) is 0.905. The molecule has 0 unspecified atom stereocenters. The van der Waals surface area contributed by atoms with Gasteiger partial charge in [0.1, 0.15) is 16.3 Å². The van der Waals surface area contributed by atoms with Crippen LogP contribution in [-0.2, 0) is 6.54 Å². The summed E-state index contributed by atoms with van der Waals surface area (Å²) in [5.74, 6) is 0.979. The standard InChI is InChI=1S/C18H19N3O3S/c1-3-8-24-13-6-4-5-12(10-13)18(23)21(2)11-15-19-14-7-9-25-16(14)17(22)20-15/h4-7,9-10H,3,8,11H2,1-2H3,(H,19,20,22). The number of benzene rings is 1. The monoisotopic (exact) mass is 357 g/mol. The van der Waals surface area contributed by atoms with Crippen LogP contribution in [0, 0.1) is 0 Å². The molecule has 0 aliphatic rings. The van der Waals surface area contributed by atoms with Gasteiger partial charge in [-0.25, -0.2) is 4.98 Å². The molecule has 0 aliphatic heterocycles. The number of nitrogens with zero attached hydrogens (tertiary/aromatic N) is 2. The first kappa shape index (κ1) is 17.2. The summed E-state index contributed by atoms with van der Waals surface area (Å²) >= 11 is 1.35. The van der Waals surface area contributed by atoms with E-state index in [1.54, 1.807) is 31.3 Å². The van der Waals surface area contributed by atoms with E-state index in [0.29, 0.717) is 34.0 Å². The fourth-order valence-corrected chi connectivity index (χ4v) is 3.18. The molecule has 3 rings (SSSR count). The Bertz CT molecular complexity index is 948. The Morgan fingerprint density at radius 3 is 3.00 bits per heavy atom. The van der Waals surface area contributed by atoms with Crippen molar-refractivity contribution < 1.29 is 9.53 Å². The van der Waals surface area contributed by atoms with Crippen molar-refractivity contribution >= 4 is 27.5 Å². The molecule has 0 saturated heterocycles. The van der Waals surface area contributed by atoms with E-state index in [1.807, 2.05) is 18.4 Å². The van der Waals surface area contributed by atoms with Gasteiger partial charge < -0.3 is 14.6 Å². The van der Waals surface area contributed by atoms with Gasteiger partial charge in [-0.1, -0.05) is 13.0 Å². The summed E-state index contributed by atoms with van der Waals surface area (Å²) in [4.78, 5) is 33.3. The minimum absolute atomic E-state index is 0.157. The Morgan fingerprint density at radius 1 is 1.36 bits per heavy atom. The van der Waals surface area contributed by atoms with E-state index in [1.165, 1.54) is 16.2 Å². The van der Waals surface area contributed by atoms with E-state index in [4.69, 9.17) is 4.74 Å². The highest BCUT2D eigenvalue weighted by Gasteiger charge is 2.15. The molecule has 0 aliphatic carbocycles. The van der Waals surface area contributed by atoms with Crippen molar-refractivity contribution in [2.24, 2.45) is 0 Å². The number of aromatic amines is 1. The van der Waals surface area contributed by atoms with Crippen LogP contribution in [0.2, 0.25) is 0 Å². The van der Waals surface area contributed by atoms with Crippen molar-refractivity contribution in [3.63, 3.8) is 0 Å². The van der Waals surface area contributed by atoms with Crippen LogP contribution in [0.15, 0.2) is 40.5 Å². The van der Waals surface area contributed by atoms with Crippen molar-refractivity contribution in [1.82, 2.24) is 14.9 Å². The molecular weight excluding hydrogens is 338 g/mol. The van der Waals surface area contributed by atoms with Crippen molar-refractivity contribution in [2.45, 2.75) is 19.9 Å². The summed E-state index contributed by atoms with van der Waals surface area (Å²) in [5, 5.41) is 1.83. The minimum Gasteiger partial charge on any atom is -0.494 e. The SMILES string of the molecule is CCCOc1cccc(C(=O)N(C)Cc2nc3ccsc3c(=O)[nH]2)c1. The average Bonchev–Trinajstić information content (AvgIpc) is 3.08. The maximum absolute atomic E-state index is 12.6. The Hall–Kier alpha value is -2.67. The smallest absolute Gasteiger partial charge is 0.268 e. The van der Waals surface area contributed by atoms with Crippen molar-refractivity contribution in [1.29, 1.82) is 0 Å². The number of carbonyl (C=O) groups is 1. The number of amides is 1. The Morgan fingerprint density at radius 2 is 2.20 bits per heavy atom. The first-order valence-corrected chi connectivity index (χ1v) is 8.91. The molecular formula is C18H19N3O3S. The number of carbonyl (C=O) groups excluding carboxylic acids is 1. The van der Waals surface area contributed by atoms with Crippen LogP contribution in [0.1, 0.15) is 29.5 Å². The molecule has 0 atom stereocenters. The second kappa shape index (κ2) is 7.48. The normalized spacial score (nSPS) is 10.8. The van der Waals surface area contributed by atoms with Gasteiger partial charge in [0.2, 0.25) is 0 Å². The number of nitrogens with one attached hydrogen (secondary N) is 1. The van der Waals surface area contributed by atoms with Crippen molar-refractivity contribution in [3.05, 3.63) is 57.5 Å². The van der Waals surface area contributed by atoms with Crippen LogP contribution >= 0.6 is 11.3 Å². The highest BCUT2D eigenvalue weighted by atomic mass is 32.1. The predicted molar refractivity (Wildman–Crippen MR) is 98.3 cm³/mol. The van der Waals surface area contributed by atoms with Crippen molar-refractivity contribution in [2.75, 3.05) is 13.7 Å². The van der Waals surface area contributed by atoms with E-state index in [2.05, 4.69) is 9.97 Å². The van der Waals surface area contributed by atoms with Gasteiger partial charge in [-0.3, -0.25) is 9.59 Å². The van der Waals surface area contributed by atoms with Crippen LogP contribution < -0.4 is 10.3 Å². The van der Waals surface area contributed by atoms with Gasteiger partial charge in [0.05, 0.1) is 18.7 Å². The van der Waals surface area contributed by atoms with Crippen LogP contribution in [0.25, 0.3) is 10.2 Å². The number of H-pyrrole nitrogens is 1. The Kier molecular flexibility index (Phi) is 5.14. The third-order valence-electron chi connectivity index (χ3n) is 3.65. The van der Waals surface area contributed by atoms with Crippen LogP contribution in [0.4, 0.5) is 0 Å². The molecule has 0 bridgehead atoms. The number of aromatic nitrogens is 2. The summed E-state index contributed by atoms with van der Waals surface area (Å²) in [6.45, 7) is 2.86. The lowest BCUT2D eigenvalue weighted by Crippen LogP contribution is -2.28. The van der Waals surface area contributed by atoms with Gasteiger partial charge in [0.25, 0.3) is 11.5 Å². The molecule has 0 radical (unpaired) electrons. The van der Waals surface area contributed by atoms with Gasteiger partial charge >= 0.3 is 0 Å². The third-order valence-corrected chi connectivity index (χ3v) is 4.55. The van der Waals surface area contributed by atoms with Crippen molar-refractivity contribution in [3.8, 4) is 5.75 Å². The zero-order valence-electron chi connectivity index (χ0n) is 14.1.